The number of nitrogens with one attached hydrogen (secondary N) is 1. The van der Waals surface area contributed by atoms with E-state index in [-0.39, 0.29) is 12.4 Å². The third kappa shape index (κ3) is 2.25. The van der Waals surface area contributed by atoms with Gasteiger partial charge in [-0.25, -0.2) is 14.4 Å². The topological polar surface area (TPSA) is 75.2 Å². The summed E-state index contributed by atoms with van der Waals surface area (Å²) in [5, 5.41) is 12.1. The minimum absolute atomic E-state index is 0.266. The number of anilines is 1. The van der Waals surface area contributed by atoms with Gasteiger partial charge in [-0.3, -0.25) is 4.40 Å². The van der Waals surface area contributed by atoms with Crippen molar-refractivity contribution in [1.29, 1.82) is 5.26 Å². The Morgan fingerprint density at radius 1 is 1.39 bits per heavy atom. The molecule has 4 rings (SSSR count). The lowest BCUT2D eigenvalue weighted by Crippen LogP contribution is -2.09. The van der Waals surface area contributed by atoms with E-state index in [1.165, 1.54) is 6.07 Å². The number of nitriles is 1. The van der Waals surface area contributed by atoms with E-state index in [4.69, 9.17) is 10.00 Å². The number of halogens is 1. The van der Waals surface area contributed by atoms with Gasteiger partial charge in [0.25, 0.3) is 0 Å². The summed E-state index contributed by atoms with van der Waals surface area (Å²) in [6.45, 7) is 0.858. The standard InChI is InChI=1S/C16H12FN5O/c17-13-1-2-14-11(4-6-23-14)12(13)8-20-16-19-5-3-15-21-10(7-18)9-22(15)16/h1-3,5,9H,4,6,8H2,(H,19,20). The molecule has 0 bridgehead atoms. The molecule has 0 unspecified atom stereocenters. The molecular weight excluding hydrogens is 297 g/mol. The molecule has 6 nitrogen and oxygen atoms in total. The van der Waals surface area contributed by atoms with Crippen LogP contribution in [0.5, 0.6) is 5.75 Å². The van der Waals surface area contributed by atoms with E-state index in [1.54, 1.807) is 28.9 Å². The highest BCUT2D eigenvalue weighted by molar-refractivity contribution is 5.49. The average molecular weight is 309 g/mol. The maximum atomic E-state index is 14.1. The number of nitrogens with zero attached hydrogens (tertiary/aromatic N) is 4. The lowest BCUT2D eigenvalue weighted by molar-refractivity contribution is 0.356. The van der Waals surface area contributed by atoms with Crippen LogP contribution in [0.3, 0.4) is 0 Å². The van der Waals surface area contributed by atoms with Crippen LogP contribution in [0.2, 0.25) is 0 Å². The second kappa shape index (κ2) is 5.25. The van der Waals surface area contributed by atoms with Gasteiger partial charge in [0.1, 0.15) is 23.3 Å². The molecule has 0 fully saturated rings. The molecule has 0 radical (unpaired) electrons. The Kier molecular flexibility index (Phi) is 3.08. The van der Waals surface area contributed by atoms with Crippen molar-refractivity contribution in [3.05, 3.63) is 53.2 Å². The second-order valence-electron chi connectivity index (χ2n) is 5.19. The number of ether oxygens (including phenoxy) is 1. The van der Waals surface area contributed by atoms with Gasteiger partial charge in [0.05, 0.1) is 12.8 Å². The molecule has 3 heterocycles. The summed E-state index contributed by atoms with van der Waals surface area (Å²) in [4.78, 5) is 8.39. The zero-order valence-corrected chi connectivity index (χ0v) is 12.1. The van der Waals surface area contributed by atoms with Crippen LogP contribution in [-0.2, 0) is 13.0 Å². The largest absolute Gasteiger partial charge is 0.493 e. The Morgan fingerprint density at radius 2 is 2.30 bits per heavy atom. The Morgan fingerprint density at radius 3 is 3.17 bits per heavy atom. The SMILES string of the molecule is N#Cc1cn2c(NCc3c(F)ccc4c3CCO4)nccc2n1. The van der Waals surface area contributed by atoms with Crippen LogP contribution in [0.15, 0.2) is 30.6 Å². The van der Waals surface area contributed by atoms with Crippen LogP contribution in [0.1, 0.15) is 16.8 Å². The summed E-state index contributed by atoms with van der Waals surface area (Å²) >= 11 is 0. The first kappa shape index (κ1) is 13.5. The minimum Gasteiger partial charge on any atom is -0.493 e. The van der Waals surface area contributed by atoms with E-state index < -0.39 is 0 Å². The zero-order valence-electron chi connectivity index (χ0n) is 12.1. The number of fused-ring (bicyclic) bond motifs is 2. The van der Waals surface area contributed by atoms with E-state index in [1.807, 2.05) is 6.07 Å². The summed E-state index contributed by atoms with van der Waals surface area (Å²) in [7, 11) is 0. The fourth-order valence-electron chi connectivity index (χ4n) is 2.78. The van der Waals surface area contributed by atoms with Gasteiger partial charge in [0.2, 0.25) is 5.95 Å². The Balaban J connectivity index is 1.67. The lowest BCUT2D eigenvalue weighted by Gasteiger charge is -2.11. The Labute approximate surface area is 131 Å². The quantitative estimate of drug-likeness (QED) is 0.803. The number of hydrogen-bond acceptors (Lipinski definition) is 5. The molecule has 0 amide bonds. The molecule has 1 N–H and O–H groups in total. The molecule has 0 saturated heterocycles. The summed E-state index contributed by atoms with van der Waals surface area (Å²) in [6.07, 6.45) is 3.89. The summed E-state index contributed by atoms with van der Waals surface area (Å²) < 4.78 is 21.3. The molecule has 2 aromatic heterocycles. The van der Waals surface area contributed by atoms with Crippen LogP contribution in [-0.4, -0.2) is 21.0 Å². The van der Waals surface area contributed by atoms with Crippen molar-refractivity contribution in [2.45, 2.75) is 13.0 Å². The third-order valence-corrected chi connectivity index (χ3v) is 3.86. The van der Waals surface area contributed by atoms with Crippen molar-refractivity contribution in [2.75, 3.05) is 11.9 Å². The fourth-order valence-corrected chi connectivity index (χ4v) is 2.78. The van der Waals surface area contributed by atoms with Crippen LogP contribution in [0.25, 0.3) is 5.65 Å². The predicted octanol–water partition coefficient (Wildman–Crippen LogP) is 2.29. The van der Waals surface area contributed by atoms with Crippen molar-refractivity contribution in [1.82, 2.24) is 14.4 Å². The molecule has 0 atom stereocenters. The van der Waals surface area contributed by atoms with Gasteiger partial charge in [0.15, 0.2) is 5.69 Å². The van der Waals surface area contributed by atoms with Crippen molar-refractivity contribution >= 4 is 11.6 Å². The molecular formula is C16H12FN5O. The molecule has 1 aromatic carbocycles. The van der Waals surface area contributed by atoms with Crippen LogP contribution >= 0.6 is 0 Å². The molecule has 0 aliphatic carbocycles. The summed E-state index contributed by atoms with van der Waals surface area (Å²) in [6, 6.07) is 6.78. The minimum atomic E-state index is -0.266. The van der Waals surface area contributed by atoms with Gasteiger partial charge < -0.3 is 10.1 Å². The van der Waals surface area contributed by atoms with Crippen LogP contribution in [0.4, 0.5) is 10.3 Å². The number of aromatic nitrogens is 3. The number of benzene rings is 1. The van der Waals surface area contributed by atoms with Gasteiger partial charge in [-0.2, -0.15) is 5.26 Å². The third-order valence-electron chi connectivity index (χ3n) is 3.86. The van der Waals surface area contributed by atoms with Crippen molar-refractivity contribution in [3.8, 4) is 11.8 Å². The normalized spacial score (nSPS) is 12.7. The Bertz CT molecular complexity index is 944. The lowest BCUT2D eigenvalue weighted by atomic mass is 10.0. The summed E-state index contributed by atoms with van der Waals surface area (Å²) in [5.41, 5.74) is 2.40. The van der Waals surface area contributed by atoms with Gasteiger partial charge in [0, 0.05) is 30.3 Å². The highest BCUT2D eigenvalue weighted by Crippen LogP contribution is 2.30. The molecule has 0 spiro atoms. The monoisotopic (exact) mass is 309 g/mol. The molecule has 114 valence electrons. The first-order chi connectivity index (χ1) is 11.3. The average Bonchev–Trinajstić information content (AvgIpc) is 3.20. The van der Waals surface area contributed by atoms with Crippen molar-refractivity contribution < 1.29 is 9.13 Å². The van der Waals surface area contributed by atoms with E-state index in [0.29, 0.717) is 35.9 Å². The number of hydrogen-bond donors (Lipinski definition) is 1. The Hall–Kier alpha value is -3.14. The maximum absolute atomic E-state index is 14.1. The fraction of sp³-hybridized carbons (Fsp3) is 0.188. The highest BCUT2D eigenvalue weighted by atomic mass is 19.1. The smallest absolute Gasteiger partial charge is 0.208 e. The van der Waals surface area contributed by atoms with Gasteiger partial charge >= 0.3 is 0 Å². The van der Waals surface area contributed by atoms with Crippen LogP contribution in [0, 0.1) is 17.1 Å². The maximum Gasteiger partial charge on any atom is 0.208 e. The van der Waals surface area contributed by atoms with E-state index in [9.17, 15) is 4.39 Å². The molecule has 0 saturated carbocycles. The first-order valence-electron chi connectivity index (χ1n) is 7.17. The van der Waals surface area contributed by atoms with E-state index >= 15 is 0 Å². The van der Waals surface area contributed by atoms with Crippen molar-refractivity contribution in [2.24, 2.45) is 0 Å². The second-order valence-corrected chi connectivity index (χ2v) is 5.19. The molecule has 1 aliphatic heterocycles. The molecule has 23 heavy (non-hydrogen) atoms. The molecule has 3 aromatic rings. The van der Waals surface area contributed by atoms with Gasteiger partial charge in [-0.05, 0) is 18.2 Å². The zero-order chi connectivity index (χ0) is 15.8. The first-order valence-corrected chi connectivity index (χ1v) is 7.17. The molecule has 7 heteroatoms. The predicted molar refractivity (Wildman–Crippen MR) is 80.6 cm³/mol. The van der Waals surface area contributed by atoms with E-state index in [0.717, 1.165) is 11.3 Å². The van der Waals surface area contributed by atoms with Crippen molar-refractivity contribution in [3.63, 3.8) is 0 Å². The van der Waals surface area contributed by atoms with E-state index in [2.05, 4.69) is 15.3 Å². The van der Waals surface area contributed by atoms with Gasteiger partial charge in [-0.15, -0.1) is 0 Å². The van der Waals surface area contributed by atoms with Gasteiger partial charge in [-0.1, -0.05) is 0 Å². The number of rotatable bonds is 3. The van der Waals surface area contributed by atoms with Crippen LogP contribution < -0.4 is 10.1 Å². The number of imidazole rings is 1. The summed E-state index contributed by atoms with van der Waals surface area (Å²) in [5.74, 6) is 0.980. The molecule has 1 aliphatic rings. The highest BCUT2D eigenvalue weighted by Gasteiger charge is 2.19.